The van der Waals surface area contributed by atoms with Crippen molar-refractivity contribution in [2.75, 3.05) is 18.4 Å². The summed E-state index contributed by atoms with van der Waals surface area (Å²) in [4.78, 5) is 43.6. The van der Waals surface area contributed by atoms with E-state index in [-0.39, 0.29) is 23.5 Å². The van der Waals surface area contributed by atoms with Gasteiger partial charge < -0.3 is 14.8 Å². The lowest BCUT2D eigenvalue weighted by molar-refractivity contribution is -0.116. The van der Waals surface area contributed by atoms with Crippen molar-refractivity contribution in [3.63, 3.8) is 0 Å². The van der Waals surface area contributed by atoms with E-state index in [1.54, 1.807) is 41.7 Å². The van der Waals surface area contributed by atoms with Gasteiger partial charge in [-0.1, -0.05) is 36.4 Å². The molecule has 0 unspecified atom stereocenters. The van der Waals surface area contributed by atoms with Crippen LogP contribution in [0.4, 0.5) is 5.69 Å². The fourth-order valence-electron chi connectivity index (χ4n) is 3.97. The van der Waals surface area contributed by atoms with E-state index in [2.05, 4.69) is 10.3 Å². The van der Waals surface area contributed by atoms with E-state index in [9.17, 15) is 14.4 Å². The summed E-state index contributed by atoms with van der Waals surface area (Å²) >= 11 is 0. The van der Waals surface area contributed by atoms with Gasteiger partial charge in [-0.15, -0.1) is 0 Å². The summed E-state index contributed by atoms with van der Waals surface area (Å²) in [5.41, 5.74) is 1.86. The Bertz CT molecular complexity index is 1070. The van der Waals surface area contributed by atoms with Gasteiger partial charge in [0, 0.05) is 61.2 Å². The molecule has 1 aliphatic heterocycles. The summed E-state index contributed by atoms with van der Waals surface area (Å²) in [5.74, 6) is -0.102. The van der Waals surface area contributed by atoms with Crippen LogP contribution in [-0.2, 0) is 11.3 Å². The molecule has 7 nitrogen and oxygen atoms in total. The number of piperidine rings is 1. The zero-order valence-electron chi connectivity index (χ0n) is 17.8. The van der Waals surface area contributed by atoms with E-state index >= 15 is 0 Å². The Hall–Kier alpha value is -3.74. The first kappa shape index (κ1) is 21.5. The van der Waals surface area contributed by atoms with E-state index in [1.807, 2.05) is 41.1 Å². The van der Waals surface area contributed by atoms with E-state index in [1.165, 1.54) is 0 Å². The quantitative estimate of drug-likeness (QED) is 0.580. The van der Waals surface area contributed by atoms with Crippen LogP contribution < -0.4 is 5.32 Å². The van der Waals surface area contributed by atoms with Gasteiger partial charge in [0.2, 0.25) is 5.91 Å². The van der Waals surface area contributed by atoms with Crippen LogP contribution in [0.2, 0.25) is 0 Å². The Kier molecular flexibility index (Phi) is 6.75. The number of imidazole rings is 1. The lowest BCUT2D eigenvalue weighted by Gasteiger charge is -2.31. The Morgan fingerprint density at radius 2 is 1.72 bits per heavy atom. The van der Waals surface area contributed by atoms with Gasteiger partial charge in [-0.3, -0.25) is 14.4 Å². The van der Waals surface area contributed by atoms with Crippen LogP contribution in [0.3, 0.4) is 0 Å². The lowest BCUT2D eigenvalue weighted by Crippen LogP contribution is -2.40. The highest BCUT2D eigenvalue weighted by molar-refractivity contribution is 5.99. The van der Waals surface area contributed by atoms with Crippen molar-refractivity contribution in [1.29, 1.82) is 0 Å². The molecule has 3 aromatic rings. The van der Waals surface area contributed by atoms with Crippen LogP contribution >= 0.6 is 0 Å². The highest BCUT2D eigenvalue weighted by atomic mass is 16.2. The number of carbonyl (C=O) groups is 3. The molecule has 7 heteroatoms. The van der Waals surface area contributed by atoms with Gasteiger partial charge in [0.05, 0.1) is 6.33 Å². The zero-order valence-corrected chi connectivity index (χ0v) is 17.8. The highest BCUT2D eigenvalue weighted by Gasteiger charge is 2.28. The molecule has 2 heterocycles. The molecule has 4 rings (SSSR count). The molecule has 2 amide bonds. The number of aromatic nitrogens is 2. The highest BCUT2D eigenvalue weighted by Crippen LogP contribution is 2.23. The minimum Gasteiger partial charge on any atom is -0.339 e. The van der Waals surface area contributed by atoms with Crippen molar-refractivity contribution in [1.82, 2.24) is 14.5 Å². The Morgan fingerprint density at radius 1 is 0.969 bits per heavy atom. The fourth-order valence-corrected chi connectivity index (χ4v) is 3.97. The third-order valence-electron chi connectivity index (χ3n) is 5.76. The van der Waals surface area contributed by atoms with Crippen molar-refractivity contribution in [3.05, 3.63) is 84.4 Å². The van der Waals surface area contributed by atoms with Gasteiger partial charge in [0.15, 0.2) is 5.78 Å². The molecule has 2 aromatic carbocycles. The van der Waals surface area contributed by atoms with Crippen molar-refractivity contribution in [2.24, 2.45) is 5.92 Å². The first-order valence-electron chi connectivity index (χ1n) is 10.8. The number of hydrogen-bond donors (Lipinski definition) is 1. The first-order chi connectivity index (χ1) is 15.6. The maximum atomic E-state index is 13.0. The molecule has 0 aliphatic carbocycles. The molecular weight excluding hydrogens is 404 g/mol. The molecule has 0 radical (unpaired) electrons. The van der Waals surface area contributed by atoms with Crippen molar-refractivity contribution >= 4 is 23.3 Å². The molecule has 0 saturated carbocycles. The molecule has 0 bridgehead atoms. The fraction of sp³-hybridized carbons (Fsp3) is 0.280. The van der Waals surface area contributed by atoms with Crippen LogP contribution in [0.1, 0.15) is 40.0 Å². The second-order valence-electron chi connectivity index (χ2n) is 7.98. The van der Waals surface area contributed by atoms with Gasteiger partial charge >= 0.3 is 0 Å². The third kappa shape index (κ3) is 5.29. The largest absolute Gasteiger partial charge is 0.339 e. The van der Waals surface area contributed by atoms with Gasteiger partial charge in [0.1, 0.15) is 0 Å². The minimum absolute atomic E-state index is 0.0532. The standard InChI is InChI=1S/C25H26N4O3/c30-23(11-13-28-16-12-26-18-28)27-22-8-4-7-21(17-22)25(32)29-14-9-20(10-15-29)24(31)19-5-2-1-3-6-19/h1-8,12,16-18,20H,9-11,13-15H2,(H,27,30). The molecule has 1 saturated heterocycles. The second-order valence-corrected chi connectivity index (χ2v) is 7.98. The van der Waals surface area contributed by atoms with Crippen LogP contribution in [-0.4, -0.2) is 45.1 Å². The van der Waals surface area contributed by atoms with E-state index in [0.29, 0.717) is 50.1 Å². The van der Waals surface area contributed by atoms with Gasteiger partial charge in [-0.25, -0.2) is 4.98 Å². The number of nitrogens with zero attached hydrogens (tertiary/aromatic N) is 3. The molecule has 164 valence electrons. The van der Waals surface area contributed by atoms with Crippen LogP contribution in [0, 0.1) is 5.92 Å². The number of likely N-dealkylation sites (tertiary alicyclic amines) is 1. The maximum Gasteiger partial charge on any atom is 0.253 e. The monoisotopic (exact) mass is 430 g/mol. The topological polar surface area (TPSA) is 84.3 Å². The van der Waals surface area contributed by atoms with Crippen molar-refractivity contribution < 1.29 is 14.4 Å². The maximum absolute atomic E-state index is 13.0. The molecule has 0 spiro atoms. The number of aryl methyl sites for hydroxylation is 1. The number of hydrogen-bond acceptors (Lipinski definition) is 4. The van der Waals surface area contributed by atoms with Crippen LogP contribution in [0.15, 0.2) is 73.3 Å². The first-order valence-corrected chi connectivity index (χ1v) is 10.8. The smallest absolute Gasteiger partial charge is 0.253 e. The van der Waals surface area contributed by atoms with Gasteiger partial charge in [-0.05, 0) is 31.0 Å². The predicted octanol–water partition coefficient (Wildman–Crippen LogP) is 3.65. The summed E-state index contributed by atoms with van der Waals surface area (Å²) in [5, 5.41) is 2.85. The number of anilines is 1. The predicted molar refractivity (Wildman–Crippen MR) is 121 cm³/mol. The SMILES string of the molecule is O=C(CCn1ccnc1)Nc1cccc(C(=O)N2CCC(C(=O)c3ccccc3)CC2)c1. The zero-order chi connectivity index (χ0) is 22.3. The average Bonchev–Trinajstić information content (AvgIpc) is 3.36. The molecule has 1 aliphatic rings. The normalized spacial score (nSPS) is 14.2. The Labute approximate surface area is 187 Å². The molecular formula is C25H26N4O3. The summed E-state index contributed by atoms with van der Waals surface area (Å²) in [6.07, 6.45) is 6.78. The minimum atomic E-state index is -0.122. The summed E-state index contributed by atoms with van der Waals surface area (Å²) in [6.45, 7) is 1.63. The summed E-state index contributed by atoms with van der Waals surface area (Å²) in [7, 11) is 0. The van der Waals surface area contributed by atoms with Crippen molar-refractivity contribution in [3.8, 4) is 0 Å². The van der Waals surface area contributed by atoms with E-state index < -0.39 is 0 Å². The number of benzene rings is 2. The van der Waals surface area contributed by atoms with Gasteiger partial charge in [-0.2, -0.15) is 0 Å². The summed E-state index contributed by atoms with van der Waals surface area (Å²) < 4.78 is 1.84. The number of nitrogens with one attached hydrogen (secondary N) is 1. The average molecular weight is 431 g/mol. The summed E-state index contributed by atoms with van der Waals surface area (Å²) in [6, 6.07) is 16.3. The molecule has 0 atom stereocenters. The Morgan fingerprint density at radius 3 is 2.44 bits per heavy atom. The van der Waals surface area contributed by atoms with E-state index in [0.717, 1.165) is 5.56 Å². The number of ketones is 1. The number of amides is 2. The molecule has 1 N–H and O–H groups in total. The molecule has 1 aromatic heterocycles. The molecule has 1 fully saturated rings. The number of rotatable bonds is 7. The molecule has 32 heavy (non-hydrogen) atoms. The number of Topliss-reactive ketones (excluding diaryl/α,β-unsaturated/α-hetero) is 1. The van der Waals surface area contributed by atoms with Crippen LogP contribution in [0.5, 0.6) is 0 Å². The Balaban J connectivity index is 1.31. The van der Waals surface area contributed by atoms with Gasteiger partial charge in [0.25, 0.3) is 5.91 Å². The lowest BCUT2D eigenvalue weighted by atomic mass is 9.88. The van der Waals surface area contributed by atoms with E-state index in [4.69, 9.17) is 0 Å². The van der Waals surface area contributed by atoms with Crippen LogP contribution in [0.25, 0.3) is 0 Å². The third-order valence-corrected chi connectivity index (χ3v) is 5.76. The second kappa shape index (κ2) is 10.0. The number of carbonyl (C=O) groups excluding carboxylic acids is 3. The van der Waals surface area contributed by atoms with Crippen molar-refractivity contribution in [2.45, 2.75) is 25.8 Å².